The first kappa shape index (κ1) is 16.7. The first-order chi connectivity index (χ1) is 12.6. The molecule has 0 spiro atoms. The highest BCUT2D eigenvalue weighted by Gasteiger charge is 2.36. The molecule has 1 aromatic carbocycles. The normalized spacial score (nSPS) is 18.4. The largest absolute Gasteiger partial charge is 0.482 e. The Bertz CT molecular complexity index is 810. The van der Waals surface area contributed by atoms with Gasteiger partial charge in [0.25, 0.3) is 5.91 Å². The maximum atomic E-state index is 12.7. The second kappa shape index (κ2) is 6.84. The lowest BCUT2D eigenvalue weighted by Gasteiger charge is -2.38. The number of hydrogen-bond acceptors (Lipinski definition) is 4. The number of nitrogens with one attached hydrogen (secondary N) is 2. The smallest absolute Gasteiger partial charge is 0.262 e. The molecule has 0 aliphatic carbocycles. The SMILES string of the molecule is O=C(CC1(n2cccc2)CCOCC1)Nc1ccc2c(c1)OCC(=O)N2. The summed E-state index contributed by atoms with van der Waals surface area (Å²) in [7, 11) is 0. The number of hydrogen-bond donors (Lipinski definition) is 2. The van der Waals surface area contributed by atoms with E-state index in [9.17, 15) is 9.59 Å². The number of anilines is 2. The van der Waals surface area contributed by atoms with Gasteiger partial charge in [0.05, 0.1) is 17.6 Å². The van der Waals surface area contributed by atoms with Crippen LogP contribution in [0, 0.1) is 0 Å². The summed E-state index contributed by atoms with van der Waals surface area (Å²) in [4.78, 5) is 24.1. The monoisotopic (exact) mass is 355 g/mol. The highest BCUT2D eigenvalue weighted by molar-refractivity contribution is 5.97. The molecular weight excluding hydrogens is 334 g/mol. The molecule has 136 valence electrons. The average Bonchev–Trinajstić information content (AvgIpc) is 3.18. The van der Waals surface area contributed by atoms with Crippen LogP contribution in [-0.2, 0) is 19.9 Å². The molecule has 0 atom stereocenters. The number of ether oxygens (including phenoxy) is 2. The van der Waals surface area contributed by atoms with Crippen LogP contribution in [0.2, 0.25) is 0 Å². The maximum Gasteiger partial charge on any atom is 0.262 e. The first-order valence-corrected chi connectivity index (χ1v) is 8.72. The molecule has 0 unspecified atom stereocenters. The number of carbonyl (C=O) groups excluding carboxylic acids is 2. The van der Waals surface area contributed by atoms with Crippen LogP contribution in [0.4, 0.5) is 11.4 Å². The fourth-order valence-corrected chi connectivity index (χ4v) is 3.58. The lowest BCUT2D eigenvalue weighted by atomic mass is 9.86. The van der Waals surface area contributed by atoms with Gasteiger partial charge >= 0.3 is 0 Å². The van der Waals surface area contributed by atoms with Crippen LogP contribution in [0.15, 0.2) is 42.7 Å². The van der Waals surface area contributed by atoms with Crippen LogP contribution < -0.4 is 15.4 Å². The van der Waals surface area contributed by atoms with Gasteiger partial charge in [0.2, 0.25) is 5.91 Å². The Labute approximate surface area is 151 Å². The van der Waals surface area contributed by atoms with Crippen LogP contribution in [0.25, 0.3) is 0 Å². The Morgan fingerprint density at radius 1 is 1.23 bits per heavy atom. The van der Waals surface area contributed by atoms with Crippen molar-refractivity contribution < 1.29 is 19.1 Å². The predicted molar refractivity (Wildman–Crippen MR) is 96.3 cm³/mol. The van der Waals surface area contributed by atoms with Crippen molar-refractivity contribution >= 4 is 23.2 Å². The highest BCUT2D eigenvalue weighted by atomic mass is 16.5. The number of rotatable bonds is 4. The van der Waals surface area contributed by atoms with E-state index in [1.165, 1.54) is 0 Å². The number of fused-ring (bicyclic) bond motifs is 1. The molecule has 3 heterocycles. The number of nitrogens with zero attached hydrogens (tertiary/aromatic N) is 1. The lowest BCUT2D eigenvalue weighted by molar-refractivity contribution is -0.120. The molecule has 2 amide bonds. The van der Waals surface area contributed by atoms with E-state index in [1.54, 1.807) is 18.2 Å². The highest BCUT2D eigenvalue weighted by Crippen LogP contribution is 2.34. The Morgan fingerprint density at radius 2 is 2.00 bits per heavy atom. The molecule has 1 aromatic heterocycles. The van der Waals surface area contributed by atoms with Crippen molar-refractivity contribution in [3.63, 3.8) is 0 Å². The Hall–Kier alpha value is -2.80. The van der Waals surface area contributed by atoms with Crippen molar-refractivity contribution in [1.29, 1.82) is 0 Å². The zero-order valence-corrected chi connectivity index (χ0v) is 14.4. The summed E-state index contributed by atoms with van der Waals surface area (Å²) in [5.74, 6) is 0.330. The second-order valence-corrected chi connectivity index (χ2v) is 6.70. The molecule has 2 aliphatic heterocycles. The minimum atomic E-state index is -0.259. The lowest BCUT2D eigenvalue weighted by Crippen LogP contribution is -2.42. The molecule has 0 radical (unpaired) electrons. The van der Waals surface area contributed by atoms with Gasteiger partial charge in [-0.05, 0) is 37.1 Å². The van der Waals surface area contributed by atoms with E-state index in [1.807, 2.05) is 24.5 Å². The van der Waals surface area contributed by atoms with Gasteiger partial charge in [0.15, 0.2) is 6.61 Å². The number of carbonyl (C=O) groups is 2. The van der Waals surface area contributed by atoms with Crippen molar-refractivity contribution in [3.05, 3.63) is 42.7 Å². The van der Waals surface area contributed by atoms with Gasteiger partial charge in [0, 0.05) is 37.4 Å². The van der Waals surface area contributed by atoms with Crippen LogP contribution in [0.5, 0.6) is 5.75 Å². The van der Waals surface area contributed by atoms with Crippen molar-refractivity contribution in [2.75, 3.05) is 30.5 Å². The van der Waals surface area contributed by atoms with Crippen molar-refractivity contribution in [1.82, 2.24) is 4.57 Å². The van der Waals surface area contributed by atoms with Gasteiger partial charge < -0.3 is 24.7 Å². The molecule has 2 aliphatic rings. The van der Waals surface area contributed by atoms with E-state index in [2.05, 4.69) is 15.2 Å². The minimum absolute atomic E-state index is 0.0128. The van der Waals surface area contributed by atoms with E-state index >= 15 is 0 Å². The predicted octanol–water partition coefficient (Wildman–Crippen LogP) is 2.35. The van der Waals surface area contributed by atoms with Gasteiger partial charge in [-0.1, -0.05) is 0 Å². The van der Waals surface area contributed by atoms with Crippen LogP contribution in [-0.4, -0.2) is 36.2 Å². The molecule has 7 heteroatoms. The molecule has 2 aromatic rings. The molecule has 1 saturated heterocycles. The molecule has 0 saturated carbocycles. The van der Waals surface area contributed by atoms with Crippen LogP contribution in [0.1, 0.15) is 19.3 Å². The molecule has 4 rings (SSSR count). The van der Waals surface area contributed by atoms with Crippen LogP contribution >= 0.6 is 0 Å². The van der Waals surface area contributed by atoms with E-state index in [-0.39, 0.29) is 24.0 Å². The Balaban J connectivity index is 1.48. The van der Waals surface area contributed by atoms with Crippen molar-refractivity contribution in [2.24, 2.45) is 0 Å². The average molecular weight is 355 g/mol. The quantitative estimate of drug-likeness (QED) is 0.882. The third-order valence-corrected chi connectivity index (χ3v) is 4.96. The number of aromatic nitrogens is 1. The van der Waals surface area contributed by atoms with Gasteiger partial charge in [-0.2, -0.15) is 0 Å². The summed E-state index contributed by atoms with van der Waals surface area (Å²) in [6, 6.07) is 9.18. The van der Waals surface area contributed by atoms with E-state index in [4.69, 9.17) is 9.47 Å². The second-order valence-electron chi connectivity index (χ2n) is 6.70. The standard InChI is InChI=1S/C19H21N3O4/c23-17(12-19(5-9-25-10-6-19)22-7-1-2-8-22)20-14-3-4-15-16(11-14)26-13-18(24)21-15/h1-4,7-8,11H,5-6,9-10,12-13H2,(H,20,23)(H,21,24). The summed E-state index contributed by atoms with van der Waals surface area (Å²) in [5, 5.41) is 5.69. The summed E-state index contributed by atoms with van der Waals surface area (Å²) < 4.78 is 13.0. The van der Waals surface area contributed by atoms with Gasteiger partial charge in [0.1, 0.15) is 5.75 Å². The summed E-state index contributed by atoms with van der Waals surface area (Å²) in [6.07, 6.45) is 5.99. The van der Waals surface area contributed by atoms with Crippen LogP contribution in [0.3, 0.4) is 0 Å². The van der Waals surface area contributed by atoms with E-state index in [0.717, 1.165) is 12.8 Å². The third-order valence-electron chi connectivity index (χ3n) is 4.96. The molecule has 7 nitrogen and oxygen atoms in total. The van der Waals surface area contributed by atoms with Gasteiger partial charge in [-0.15, -0.1) is 0 Å². The molecular formula is C19H21N3O4. The molecule has 2 N–H and O–H groups in total. The Kier molecular flexibility index (Phi) is 4.38. The summed E-state index contributed by atoms with van der Waals surface area (Å²) in [5.41, 5.74) is 1.01. The zero-order valence-electron chi connectivity index (χ0n) is 14.4. The molecule has 1 fully saturated rings. The van der Waals surface area contributed by atoms with E-state index < -0.39 is 0 Å². The number of benzene rings is 1. The fourth-order valence-electron chi connectivity index (χ4n) is 3.58. The fraction of sp³-hybridized carbons (Fsp3) is 0.368. The minimum Gasteiger partial charge on any atom is -0.482 e. The maximum absolute atomic E-state index is 12.7. The third kappa shape index (κ3) is 3.30. The summed E-state index contributed by atoms with van der Waals surface area (Å²) in [6.45, 7) is 1.29. The number of amides is 2. The van der Waals surface area contributed by atoms with E-state index in [0.29, 0.717) is 36.8 Å². The molecule has 26 heavy (non-hydrogen) atoms. The van der Waals surface area contributed by atoms with Crippen molar-refractivity contribution in [3.8, 4) is 5.75 Å². The zero-order chi connectivity index (χ0) is 18.0. The Morgan fingerprint density at radius 3 is 2.77 bits per heavy atom. The first-order valence-electron chi connectivity index (χ1n) is 8.72. The van der Waals surface area contributed by atoms with Gasteiger partial charge in [-0.3, -0.25) is 9.59 Å². The summed E-state index contributed by atoms with van der Waals surface area (Å²) >= 11 is 0. The molecule has 0 bridgehead atoms. The van der Waals surface area contributed by atoms with Crippen molar-refractivity contribution in [2.45, 2.75) is 24.8 Å². The van der Waals surface area contributed by atoms with Gasteiger partial charge in [-0.25, -0.2) is 0 Å². The topological polar surface area (TPSA) is 81.6 Å².